The number of thioether (sulfide) groups is 1. The molecule has 4 aromatic carbocycles. The van der Waals surface area contributed by atoms with Crippen LogP contribution in [0, 0.1) is 5.82 Å². The van der Waals surface area contributed by atoms with Gasteiger partial charge in [-0.25, -0.2) is 4.39 Å². The second-order valence-corrected chi connectivity index (χ2v) is 10.1. The molecule has 0 aromatic heterocycles. The molecule has 186 valence electrons. The van der Waals surface area contributed by atoms with E-state index in [1.165, 1.54) is 11.0 Å². The van der Waals surface area contributed by atoms with Gasteiger partial charge in [0.1, 0.15) is 30.5 Å². The highest BCUT2D eigenvalue weighted by Crippen LogP contribution is 2.35. The van der Waals surface area contributed by atoms with Crippen molar-refractivity contribution in [1.29, 1.82) is 0 Å². The first-order valence-electron chi connectivity index (χ1n) is 11.5. The molecule has 37 heavy (non-hydrogen) atoms. The van der Waals surface area contributed by atoms with Crippen LogP contribution in [0.15, 0.2) is 94.3 Å². The van der Waals surface area contributed by atoms with Crippen LogP contribution in [-0.2, 0) is 11.4 Å². The summed E-state index contributed by atoms with van der Waals surface area (Å²) in [5.74, 6) is 0.425. The maximum atomic E-state index is 14.0. The van der Waals surface area contributed by atoms with Crippen molar-refractivity contribution < 1.29 is 23.5 Å². The molecule has 1 fully saturated rings. The van der Waals surface area contributed by atoms with Crippen LogP contribution in [-0.4, -0.2) is 29.2 Å². The minimum atomic E-state index is -0.392. The van der Waals surface area contributed by atoms with E-state index < -0.39 is 5.91 Å². The number of nitrogens with zero attached hydrogens (tertiary/aromatic N) is 1. The lowest BCUT2D eigenvalue weighted by Gasteiger charge is -2.14. The molecule has 4 aromatic rings. The van der Waals surface area contributed by atoms with Gasteiger partial charge in [0.25, 0.3) is 11.1 Å². The average molecular weight is 578 g/mol. The van der Waals surface area contributed by atoms with E-state index in [4.69, 9.17) is 9.47 Å². The van der Waals surface area contributed by atoms with E-state index in [0.717, 1.165) is 27.0 Å². The minimum absolute atomic E-state index is 0.0299. The van der Waals surface area contributed by atoms with Crippen LogP contribution in [0.25, 0.3) is 16.8 Å². The average Bonchev–Trinajstić information content (AvgIpc) is 3.16. The monoisotopic (exact) mass is 577 g/mol. The highest BCUT2D eigenvalue weighted by Gasteiger charge is 2.35. The molecule has 1 aliphatic rings. The van der Waals surface area contributed by atoms with Crippen molar-refractivity contribution in [1.82, 2.24) is 4.90 Å². The fourth-order valence-electron chi connectivity index (χ4n) is 3.94. The summed E-state index contributed by atoms with van der Waals surface area (Å²) in [6.07, 6.45) is 1.62. The number of halogens is 2. The van der Waals surface area contributed by atoms with Crippen LogP contribution in [0.5, 0.6) is 11.5 Å². The van der Waals surface area contributed by atoms with Crippen molar-refractivity contribution in [2.75, 3.05) is 13.2 Å². The molecule has 0 N–H and O–H groups in total. The van der Waals surface area contributed by atoms with E-state index in [1.54, 1.807) is 42.5 Å². The quantitative estimate of drug-likeness (QED) is 0.204. The van der Waals surface area contributed by atoms with Crippen molar-refractivity contribution in [3.8, 4) is 11.5 Å². The molecule has 0 saturated carbocycles. The second-order valence-electron chi connectivity index (χ2n) is 8.22. The van der Waals surface area contributed by atoms with Gasteiger partial charge in [0.15, 0.2) is 0 Å². The molecule has 0 spiro atoms. The van der Waals surface area contributed by atoms with Gasteiger partial charge in [-0.2, -0.15) is 0 Å². The highest BCUT2D eigenvalue weighted by atomic mass is 79.9. The van der Waals surface area contributed by atoms with Crippen LogP contribution in [0.2, 0.25) is 0 Å². The Bertz CT molecular complexity index is 1520. The first-order valence-corrected chi connectivity index (χ1v) is 13.1. The smallest absolute Gasteiger partial charge is 0.293 e. The molecular formula is C29H21BrFNO4S. The molecule has 0 radical (unpaired) electrons. The lowest BCUT2D eigenvalue weighted by atomic mass is 10.1. The number of ether oxygens (including phenoxy) is 2. The highest BCUT2D eigenvalue weighted by molar-refractivity contribution is 9.10. The fraction of sp³-hybridized carbons (Fsp3) is 0.103. The Labute approximate surface area is 226 Å². The zero-order valence-electron chi connectivity index (χ0n) is 19.5. The summed E-state index contributed by atoms with van der Waals surface area (Å²) in [6, 6.07) is 25.3. The van der Waals surface area contributed by atoms with Gasteiger partial charge in [-0.3, -0.25) is 14.5 Å². The third kappa shape index (κ3) is 5.70. The van der Waals surface area contributed by atoms with E-state index >= 15 is 0 Å². The molecule has 8 heteroatoms. The lowest BCUT2D eigenvalue weighted by Crippen LogP contribution is -2.32. The van der Waals surface area contributed by atoms with Gasteiger partial charge in [-0.15, -0.1) is 0 Å². The van der Waals surface area contributed by atoms with Gasteiger partial charge in [0, 0.05) is 21.0 Å². The molecular weight excluding hydrogens is 557 g/mol. The van der Waals surface area contributed by atoms with Crippen molar-refractivity contribution in [2.45, 2.75) is 6.61 Å². The number of carbonyl (C=O) groups is 2. The molecule has 5 rings (SSSR count). The first-order chi connectivity index (χ1) is 18.0. The summed E-state index contributed by atoms with van der Waals surface area (Å²) < 4.78 is 26.6. The SMILES string of the molecule is O=C1S/C(=C\c2cc(Br)ccc2OCc2ccccc2F)C(=O)N1CCOc1cccc2ccccc12. The predicted octanol–water partition coefficient (Wildman–Crippen LogP) is 7.44. The second kappa shape index (κ2) is 11.2. The van der Waals surface area contributed by atoms with Crippen LogP contribution in [0.4, 0.5) is 9.18 Å². The summed E-state index contributed by atoms with van der Waals surface area (Å²) in [5, 5.41) is 1.66. The van der Waals surface area contributed by atoms with E-state index in [0.29, 0.717) is 22.6 Å². The number of hydrogen-bond acceptors (Lipinski definition) is 5. The number of hydrogen-bond donors (Lipinski definition) is 0. The van der Waals surface area contributed by atoms with Crippen molar-refractivity contribution in [2.24, 2.45) is 0 Å². The van der Waals surface area contributed by atoms with E-state index in [1.807, 2.05) is 42.5 Å². The largest absolute Gasteiger partial charge is 0.491 e. The van der Waals surface area contributed by atoms with E-state index in [2.05, 4.69) is 15.9 Å². The number of rotatable bonds is 8. The Hall–Kier alpha value is -3.62. The van der Waals surface area contributed by atoms with Crippen LogP contribution in [0.1, 0.15) is 11.1 Å². The Morgan fingerprint density at radius 3 is 2.54 bits per heavy atom. The van der Waals surface area contributed by atoms with Gasteiger partial charge >= 0.3 is 0 Å². The number of carbonyl (C=O) groups excluding carboxylic acids is 2. The minimum Gasteiger partial charge on any atom is -0.491 e. The number of imide groups is 1. The number of fused-ring (bicyclic) bond motifs is 1. The van der Waals surface area contributed by atoms with Crippen LogP contribution >= 0.6 is 27.7 Å². The zero-order chi connectivity index (χ0) is 25.8. The maximum absolute atomic E-state index is 14.0. The van der Waals surface area contributed by atoms with Gasteiger partial charge < -0.3 is 9.47 Å². The van der Waals surface area contributed by atoms with Gasteiger partial charge in [-0.05, 0) is 53.6 Å². The normalized spacial score (nSPS) is 14.5. The molecule has 1 heterocycles. The summed E-state index contributed by atoms with van der Waals surface area (Å²) in [4.78, 5) is 27.1. The summed E-state index contributed by atoms with van der Waals surface area (Å²) in [6.45, 7) is 0.329. The Morgan fingerprint density at radius 2 is 1.68 bits per heavy atom. The number of amides is 2. The molecule has 0 aliphatic carbocycles. The van der Waals surface area contributed by atoms with E-state index in [9.17, 15) is 14.0 Å². The molecule has 0 atom stereocenters. The zero-order valence-corrected chi connectivity index (χ0v) is 21.9. The molecule has 1 saturated heterocycles. The Kier molecular flexibility index (Phi) is 7.58. The van der Waals surface area contributed by atoms with Crippen LogP contribution < -0.4 is 9.47 Å². The van der Waals surface area contributed by atoms with Crippen molar-refractivity contribution in [3.63, 3.8) is 0 Å². The molecule has 1 aliphatic heterocycles. The standard InChI is InChI=1S/C29H21BrFNO4S/c30-22-12-13-25(36-18-20-7-2-4-10-24(20)31)21(16-22)17-27-28(33)32(29(34)37-27)14-15-35-26-11-5-8-19-6-1-3-9-23(19)26/h1-13,16-17H,14-15,18H2/b27-17-. The first kappa shape index (κ1) is 25.0. The number of benzene rings is 4. The van der Waals surface area contributed by atoms with E-state index in [-0.39, 0.29) is 35.7 Å². The topological polar surface area (TPSA) is 55.8 Å². The predicted molar refractivity (Wildman–Crippen MR) is 147 cm³/mol. The third-order valence-corrected chi connectivity index (χ3v) is 7.20. The Morgan fingerprint density at radius 1 is 0.892 bits per heavy atom. The van der Waals surface area contributed by atoms with Crippen molar-refractivity contribution in [3.05, 3.63) is 111 Å². The molecule has 0 bridgehead atoms. The van der Waals surface area contributed by atoms with Gasteiger partial charge in [-0.1, -0.05) is 70.5 Å². The molecule has 2 amide bonds. The summed E-state index contributed by atoms with van der Waals surface area (Å²) in [7, 11) is 0. The van der Waals surface area contributed by atoms with Gasteiger partial charge in [0.2, 0.25) is 0 Å². The lowest BCUT2D eigenvalue weighted by molar-refractivity contribution is -0.123. The van der Waals surface area contributed by atoms with Crippen molar-refractivity contribution >= 4 is 55.7 Å². The summed E-state index contributed by atoms with van der Waals surface area (Å²) >= 11 is 4.30. The fourth-order valence-corrected chi connectivity index (χ4v) is 5.17. The van der Waals surface area contributed by atoms with Crippen LogP contribution in [0.3, 0.4) is 0 Å². The molecule has 5 nitrogen and oxygen atoms in total. The van der Waals surface area contributed by atoms with Gasteiger partial charge in [0.05, 0.1) is 11.4 Å². The maximum Gasteiger partial charge on any atom is 0.293 e. The Balaban J connectivity index is 1.28. The third-order valence-electron chi connectivity index (χ3n) is 5.80. The summed E-state index contributed by atoms with van der Waals surface area (Å²) in [5.41, 5.74) is 1.02. The molecule has 0 unspecified atom stereocenters.